The smallest absolute Gasteiger partial charge is 0.347 e. The molecule has 1 heterocycles. The zero-order chi connectivity index (χ0) is 23.1. The van der Waals surface area contributed by atoms with Crippen LogP contribution in [0.1, 0.15) is 37.3 Å². The van der Waals surface area contributed by atoms with Crippen molar-refractivity contribution in [3.8, 4) is 0 Å². The second kappa shape index (κ2) is 10.8. The summed E-state index contributed by atoms with van der Waals surface area (Å²) in [5.74, 6) is -0.646. The molecule has 2 aromatic rings. The van der Waals surface area contributed by atoms with Gasteiger partial charge in [0.1, 0.15) is 6.10 Å². The Morgan fingerprint density at radius 1 is 1.06 bits per heavy atom. The molecule has 1 aliphatic heterocycles. The van der Waals surface area contributed by atoms with Crippen LogP contribution in [-0.4, -0.2) is 35.2 Å². The Hall–Kier alpha value is -2.95. The number of esters is 1. The van der Waals surface area contributed by atoms with Gasteiger partial charge >= 0.3 is 5.97 Å². The maximum absolute atomic E-state index is 13.7. The van der Waals surface area contributed by atoms with E-state index in [0.29, 0.717) is 17.7 Å². The lowest BCUT2D eigenvalue weighted by molar-refractivity contribution is -0.171. The first-order valence-corrected chi connectivity index (χ1v) is 11.9. The van der Waals surface area contributed by atoms with Crippen LogP contribution in [0, 0.1) is 5.92 Å². The van der Waals surface area contributed by atoms with Gasteiger partial charge in [0.05, 0.1) is 0 Å². The van der Waals surface area contributed by atoms with Crippen molar-refractivity contribution in [2.45, 2.75) is 44.4 Å². The monoisotopic (exact) mass is 443 g/mol. The Morgan fingerprint density at radius 2 is 1.79 bits per heavy atom. The van der Waals surface area contributed by atoms with Crippen LogP contribution < -0.4 is 0 Å². The first-order chi connectivity index (χ1) is 16.1. The van der Waals surface area contributed by atoms with Crippen LogP contribution in [0.2, 0.25) is 0 Å². The number of aliphatic hydroxyl groups is 1. The molecule has 0 saturated carbocycles. The lowest BCUT2D eigenvalue weighted by Crippen LogP contribution is -2.46. The molecule has 1 N–H and O–H groups in total. The first-order valence-electron chi connectivity index (χ1n) is 11.9. The Morgan fingerprint density at radius 3 is 2.52 bits per heavy atom. The molecule has 0 bridgehead atoms. The van der Waals surface area contributed by atoms with E-state index in [9.17, 15) is 9.90 Å². The van der Waals surface area contributed by atoms with Gasteiger partial charge in [-0.3, -0.25) is 4.90 Å². The summed E-state index contributed by atoms with van der Waals surface area (Å²) >= 11 is 0. The first kappa shape index (κ1) is 23.2. The van der Waals surface area contributed by atoms with E-state index >= 15 is 0 Å². The normalized spacial score (nSPS) is 22.8. The van der Waals surface area contributed by atoms with Crippen LogP contribution in [0.5, 0.6) is 0 Å². The highest BCUT2D eigenvalue weighted by Crippen LogP contribution is 2.39. The van der Waals surface area contributed by atoms with E-state index in [1.165, 1.54) is 5.56 Å². The van der Waals surface area contributed by atoms with Gasteiger partial charge in [-0.05, 0) is 42.5 Å². The fourth-order valence-electron chi connectivity index (χ4n) is 4.81. The van der Waals surface area contributed by atoms with Crippen molar-refractivity contribution in [2.24, 2.45) is 5.92 Å². The SMILES string of the molecule is CCC1C=CC=CC=C1C(O)(C(=O)OC1CCCN(Cc2ccccc2)C1)c1ccccc1. The molecule has 3 unspecified atom stereocenters. The highest BCUT2D eigenvalue weighted by molar-refractivity contribution is 5.85. The lowest BCUT2D eigenvalue weighted by Gasteiger charge is -2.36. The number of nitrogens with zero attached hydrogens (tertiary/aromatic N) is 1. The second-order valence-electron chi connectivity index (χ2n) is 8.87. The number of ether oxygens (including phenoxy) is 1. The van der Waals surface area contributed by atoms with Crippen LogP contribution in [0.4, 0.5) is 0 Å². The summed E-state index contributed by atoms with van der Waals surface area (Å²) in [7, 11) is 0. The third-order valence-electron chi connectivity index (χ3n) is 6.57. The minimum absolute atomic E-state index is 0.0568. The molecule has 2 aromatic carbocycles. The number of benzene rings is 2. The molecule has 2 aliphatic rings. The zero-order valence-electron chi connectivity index (χ0n) is 19.3. The third-order valence-corrected chi connectivity index (χ3v) is 6.57. The van der Waals surface area contributed by atoms with Gasteiger partial charge in [0.25, 0.3) is 0 Å². The number of likely N-dealkylation sites (tertiary alicyclic amines) is 1. The van der Waals surface area contributed by atoms with E-state index in [0.717, 1.165) is 32.4 Å². The van der Waals surface area contributed by atoms with Crippen LogP contribution >= 0.6 is 0 Å². The van der Waals surface area contributed by atoms with Gasteiger partial charge in [0.15, 0.2) is 0 Å². The van der Waals surface area contributed by atoms with Crippen molar-refractivity contribution >= 4 is 5.97 Å². The maximum Gasteiger partial charge on any atom is 0.347 e. The van der Waals surface area contributed by atoms with Gasteiger partial charge in [-0.1, -0.05) is 98.0 Å². The number of carbonyl (C=O) groups is 1. The third kappa shape index (κ3) is 5.35. The predicted octanol–water partition coefficient (Wildman–Crippen LogP) is 5.16. The fourth-order valence-corrected chi connectivity index (χ4v) is 4.81. The van der Waals surface area contributed by atoms with Crippen LogP contribution in [0.15, 0.2) is 96.6 Å². The van der Waals surface area contributed by atoms with Gasteiger partial charge in [-0.2, -0.15) is 0 Å². The Labute approximate surface area is 196 Å². The predicted molar refractivity (Wildman–Crippen MR) is 131 cm³/mol. The molecule has 1 aliphatic carbocycles. The van der Waals surface area contributed by atoms with Crippen molar-refractivity contribution in [1.82, 2.24) is 4.90 Å². The summed E-state index contributed by atoms with van der Waals surface area (Å²) < 4.78 is 6.05. The molecule has 0 amide bonds. The molecule has 1 fully saturated rings. The minimum atomic E-state index is -1.83. The fraction of sp³-hybridized carbons (Fsp3) is 0.345. The van der Waals surface area contributed by atoms with Crippen LogP contribution in [0.3, 0.4) is 0 Å². The van der Waals surface area contributed by atoms with E-state index in [4.69, 9.17) is 4.74 Å². The van der Waals surface area contributed by atoms with Gasteiger partial charge in [-0.15, -0.1) is 0 Å². The maximum atomic E-state index is 13.7. The van der Waals surface area contributed by atoms with Crippen LogP contribution in [0.25, 0.3) is 0 Å². The van der Waals surface area contributed by atoms with Gasteiger partial charge in [0.2, 0.25) is 5.60 Å². The zero-order valence-corrected chi connectivity index (χ0v) is 19.3. The van der Waals surface area contributed by atoms with Gasteiger partial charge < -0.3 is 9.84 Å². The van der Waals surface area contributed by atoms with E-state index in [1.54, 1.807) is 12.1 Å². The molecule has 4 nitrogen and oxygen atoms in total. The van der Waals surface area contributed by atoms with E-state index in [2.05, 4.69) is 24.0 Å². The Kier molecular flexibility index (Phi) is 7.58. The largest absolute Gasteiger partial charge is 0.458 e. The summed E-state index contributed by atoms with van der Waals surface area (Å²) in [6.07, 6.45) is 12.0. The molecule has 0 radical (unpaired) electrons. The van der Waals surface area contributed by atoms with Crippen molar-refractivity contribution in [1.29, 1.82) is 0 Å². The summed E-state index contributed by atoms with van der Waals surface area (Å²) in [4.78, 5) is 16.0. The molecular weight excluding hydrogens is 410 g/mol. The van der Waals surface area contributed by atoms with Crippen molar-refractivity contribution in [3.63, 3.8) is 0 Å². The molecule has 3 atom stereocenters. The number of carbonyl (C=O) groups excluding carboxylic acids is 1. The van der Waals surface area contributed by atoms with Crippen molar-refractivity contribution in [3.05, 3.63) is 108 Å². The molecular formula is C29H33NO3. The quantitative estimate of drug-likeness (QED) is 0.601. The highest BCUT2D eigenvalue weighted by atomic mass is 16.6. The summed E-state index contributed by atoms with van der Waals surface area (Å²) in [5, 5.41) is 12.0. The lowest BCUT2D eigenvalue weighted by atomic mass is 9.78. The van der Waals surface area contributed by atoms with Gasteiger partial charge in [-0.25, -0.2) is 4.79 Å². The number of rotatable bonds is 7. The number of allylic oxidation sites excluding steroid dienone is 5. The van der Waals surface area contributed by atoms with Crippen molar-refractivity contribution in [2.75, 3.05) is 13.1 Å². The molecule has 4 rings (SSSR count). The minimum Gasteiger partial charge on any atom is -0.458 e. The Balaban J connectivity index is 1.56. The van der Waals surface area contributed by atoms with Crippen molar-refractivity contribution < 1.29 is 14.6 Å². The molecule has 0 aromatic heterocycles. The molecule has 33 heavy (non-hydrogen) atoms. The van der Waals surface area contributed by atoms with Crippen LogP contribution in [-0.2, 0) is 21.7 Å². The average molecular weight is 444 g/mol. The standard InChI is InChI=1S/C29H33NO3/c1-2-24-15-8-4-11-19-27(24)29(32,25-16-9-5-10-17-25)28(31)33-26-18-12-20-30(22-26)21-23-13-6-3-7-14-23/h3-11,13-17,19,24,26,32H,2,12,18,20-22H2,1H3. The number of hydrogen-bond donors (Lipinski definition) is 1. The number of hydrogen-bond acceptors (Lipinski definition) is 4. The van der Waals surface area contributed by atoms with Gasteiger partial charge in [0, 0.05) is 19.0 Å². The summed E-state index contributed by atoms with van der Waals surface area (Å²) in [5.41, 5.74) is 0.615. The average Bonchev–Trinajstić information content (AvgIpc) is 3.11. The molecule has 172 valence electrons. The molecule has 1 saturated heterocycles. The van der Waals surface area contributed by atoms with E-state index < -0.39 is 11.6 Å². The molecule has 4 heteroatoms. The second-order valence-corrected chi connectivity index (χ2v) is 8.87. The Bertz CT molecular complexity index is 1010. The van der Waals surface area contributed by atoms with E-state index in [-0.39, 0.29) is 12.0 Å². The summed E-state index contributed by atoms with van der Waals surface area (Å²) in [6.45, 7) is 4.54. The highest BCUT2D eigenvalue weighted by Gasteiger charge is 2.46. The topological polar surface area (TPSA) is 49.8 Å². The molecule has 0 spiro atoms. The number of piperidine rings is 1. The van der Waals surface area contributed by atoms with E-state index in [1.807, 2.05) is 66.8 Å². The summed E-state index contributed by atoms with van der Waals surface area (Å²) in [6, 6.07) is 19.5.